The Labute approximate surface area is 84.5 Å². The van der Waals surface area contributed by atoms with Crippen LogP contribution in [-0.2, 0) is 0 Å². The van der Waals surface area contributed by atoms with E-state index in [1.807, 2.05) is 0 Å². The first-order chi connectivity index (χ1) is 6.95. The topological polar surface area (TPSA) is 123 Å². The third-order valence-corrected chi connectivity index (χ3v) is 1.81. The van der Waals surface area contributed by atoms with Gasteiger partial charge in [-0.3, -0.25) is 9.59 Å². The number of aromatic carboxylic acids is 1. The van der Waals surface area contributed by atoms with Crippen molar-refractivity contribution in [2.24, 2.45) is 11.5 Å². The lowest BCUT2D eigenvalue weighted by Crippen LogP contribution is -2.22. The van der Waals surface area contributed by atoms with Crippen molar-refractivity contribution >= 4 is 17.8 Å². The number of hydrogen-bond donors (Lipinski definition) is 3. The fourth-order valence-corrected chi connectivity index (χ4v) is 1.19. The van der Waals surface area contributed by atoms with Gasteiger partial charge in [0.15, 0.2) is 0 Å². The molecule has 0 radical (unpaired) electrons. The van der Waals surface area contributed by atoms with Crippen molar-refractivity contribution in [3.63, 3.8) is 0 Å². The van der Waals surface area contributed by atoms with Crippen molar-refractivity contribution in [1.82, 2.24) is 0 Å². The largest absolute Gasteiger partial charge is 0.478 e. The van der Waals surface area contributed by atoms with Gasteiger partial charge >= 0.3 is 5.97 Å². The number of carboxylic acids is 1. The maximum absolute atomic E-state index is 10.9. The van der Waals surface area contributed by atoms with E-state index in [0.29, 0.717) is 0 Å². The van der Waals surface area contributed by atoms with Crippen LogP contribution in [0.1, 0.15) is 31.1 Å². The highest BCUT2D eigenvalue weighted by Crippen LogP contribution is 2.14. The number of primary amides is 2. The van der Waals surface area contributed by atoms with Crippen LogP contribution < -0.4 is 11.5 Å². The molecule has 1 aromatic rings. The second-order valence-corrected chi connectivity index (χ2v) is 2.76. The highest BCUT2D eigenvalue weighted by atomic mass is 16.4. The molecule has 0 heterocycles. The van der Waals surface area contributed by atoms with Gasteiger partial charge in [0.05, 0.1) is 16.7 Å². The van der Waals surface area contributed by atoms with Gasteiger partial charge in [0.25, 0.3) is 0 Å². The standard InChI is InChI=1S/C9H8N2O4/c10-7(12)4-2-1-3-5(8(11)13)6(4)9(14)15/h1-3H,(H2,10,12)(H2,11,13)(H,14,15). The molecule has 6 heteroatoms. The minimum atomic E-state index is -1.42. The monoisotopic (exact) mass is 208 g/mol. The molecule has 0 atom stereocenters. The summed E-state index contributed by atoms with van der Waals surface area (Å²) in [7, 11) is 0. The summed E-state index contributed by atoms with van der Waals surface area (Å²) >= 11 is 0. The van der Waals surface area contributed by atoms with Crippen molar-refractivity contribution in [2.45, 2.75) is 0 Å². The number of amides is 2. The Balaban J connectivity index is 3.56. The lowest BCUT2D eigenvalue weighted by atomic mass is 10.0. The summed E-state index contributed by atoms with van der Waals surface area (Å²) in [5.41, 5.74) is 9.00. The number of hydrogen-bond acceptors (Lipinski definition) is 3. The van der Waals surface area contributed by atoms with Crippen LogP contribution in [0.2, 0.25) is 0 Å². The Kier molecular flexibility index (Phi) is 2.70. The van der Waals surface area contributed by atoms with E-state index in [0.717, 1.165) is 0 Å². The van der Waals surface area contributed by atoms with Crippen LogP contribution in [-0.4, -0.2) is 22.9 Å². The van der Waals surface area contributed by atoms with Crippen LogP contribution in [0.15, 0.2) is 18.2 Å². The summed E-state index contributed by atoms with van der Waals surface area (Å²) in [6, 6.07) is 3.78. The minimum absolute atomic E-state index is 0.237. The summed E-state index contributed by atoms with van der Waals surface area (Å²) in [6.45, 7) is 0. The van der Waals surface area contributed by atoms with Crippen molar-refractivity contribution in [3.05, 3.63) is 34.9 Å². The third-order valence-electron chi connectivity index (χ3n) is 1.81. The number of rotatable bonds is 3. The summed E-state index contributed by atoms with van der Waals surface area (Å²) in [6.07, 6.45) is 0. The van der Waals surface area contributed by atoms with Crippen LogP contribution in [0.4, 0.5) is 0 Å². The lowest BCUT2D eigenvalue weighted by Gasteiger charge is -2.05. The zero-order valence-electron chi connectivity index (χ0n) is 7.56. The molecule has 0 aliphatic rings. The molecular formula is C9H8N2O4. The molecule has 5 N–H and O–H groups in total. The summed E-state index contributed by atoms with van der Waals surface area (Å²) < 4.78 is 0. The normalized spacial score (nSPS) is 9.60. The summed E-state index contributed by atoms with van der Waals surface area (Å²) in [4.78, 5) is 32.7. The molecule has 0 saturated heterocycles. The van der Waals surface area contributed by atoms with Gasteiger partial charge in [-0.2, -0.15) is 0 Å². The van der Waals surface area contributed by atoms with E-state index in [9.17, 15) is 14.4 Å². The van der Waals surface area contributed by atoms with E-state index < -0.39 is 23.3 Å². The van der Waals surface area contributed by atoms with Gasteiger partial charge in [-0.15, -0.1) is 0 Å². The first-order valence-corrected chi connectivity index (χ1v) is 3.91. The van der Waals surface area contributed by atoms with Crippen molar-refractivity contribution in [3.8, 4) is 0 Å². The van der Waals surface area contributed by atoms with Crippen LogP contribution in [0.3, 0.4) is 0 Å². The van der Waals surface area contributed by atoms with Gasteiger partial charge in [-0.1, -0.05) is 6.07 Å². The fraction of sp³-hybridized carbons (Fsp3) is 0. The predicted octanol–water partition coefficient (Wildman–Crippen LogP) is -0.417. The second-order valence-electron chi connectivity index (χ2n) is 2.76. The molecule has 0 aromatic heterocycles. The van der Waals surface area contributed by atoms with Gasteiger partial charge < -0.3 is 16.6 Å². The van der Waals surface area contributed by atoms with E-state index in [1.165, 1.54) is 18.2 Å². The number of benzene rings is 1. The smallest absolute Gasteiger partial charge is 0.337 e. The number of carboxylic acid groups (broad SMARTS) is 1. The highest BCUT2D eigenvalue weighted by Gasteiger charge is 2.20. The number of carbonyl (C=O) groups is 3. The summed E-state index contributed by atoms with van der Waals surface area (Å²) in [5.74, 6) is -3.26. The van der Waals surface area contributed by atoms with E-state index in [1.54, 1.807) is 0 Å². The quantitative estimate of drug-likeness (QED) is 0.624. The lowest BCUT2D eigenvalue weighted by molar-refractivity contribution is 0.0687. The molecule has 15 heavy (non-hydrogen) atoms. The van der Waals surface area contributed by atoms with Gasteiger partial charge in [-0.05, 0) is 12.1 Å². The van der Waals surface area contributed by atoms with Crippen LogP contribution in [0.25, 0.3) is 0 Å². The second kappa shape index (κ2) is 3.79. The van der Waals surface area contributed by atoms with Crippen LogP contribution in [0, 0.1) is 0 Å². The first-order valence-electron chi connectivity index (χ1n) is 3.91. The Morgan fingerprint density at radius 3 is 1.67 bits per heavy atom. The Hall–Kier alpha value is -2.37. The van der Waals surface area contributed by atoms with Gasteiger partial charge in [0.1, 0.15) is 0 Å². The average molecular weight is 208 g/mol. The molecule has 0 unspecified atom stereocenters. The van der Waals surface area contributed by atoms with E-state index >= 15 is 0 Å². The summed E-state index contributed by atoms with van der Waals surface area (Å²) in [5, 5.41) is 8.83. The Morgan fingerprint density at radius 2 is 1.40 bits per heavy atom. The molecular weight excluding hydrogens is 200 g/mol. The molecule has 78 valence electrons. The van der Waals surface area contributed by atoms with Gasteiger partial charge in [-0.25, -0.2) is 4.79 Å². The van der Waals surface area contributed by atoms with Crippen molar-refractivity contribution in [1.29, 1.82) is 0 Å². The molecule has 0 aliphatic heterocycles. The van der Waals surface area contributed by atoms with E-state index in [2.05, 4.69) is 0 Å². The molecule has 0 saturated carbocycles. The SMILES string of the molecule is NC(=O)c1cccc(C(N)=O)c1C(=O)O. The molecule has 6 nitrogen and oxygen atoms in total. The zero-order valence-corrected chi connectivity index (χ0v) is 7.56. The van der Waals surface area contributed by atoms with Crippen LogP contribution >= 0.6 is 0 Å². The maximum Gasteiger partial charge on any atom is 0.337 e. The molecule has 0 bridgehead atoms. The van der Waals surface area contributed by atoms with E-state index in [-0.39, 0.29) is 11.1 Å². The molecule has 0 aliphatic carbocycles. The van der Waals surface area contributed by atoms with Gasteiger partial charge in [0.2, 0.25) is 11.8 Å². The molecule has 2 amide bonds. The maximum atomic E-state index is 10.9. The number of carbonyl (C=O) groups excluding carboxylic acids is 2. The Morgan fingerprint density at radius 1 is 1.00 bits per heavy atom. The fourth-order valence-electron chi connectivity index (χ4n) is 1.19. The van der Waals surface area contributed by atoms with E-state index in [4.69, 9.17) is 16.6 Å². The zero-order chi connectivity index (χ0) is 11.6. The van der Waals surface area contributed by atoms with Crippen molar-refractivity contribution < 1.29 is 19.5 Å². The molecule has 1 aromatic carbocycles. The van der Waals surface area contributed by atoms with Crippen LogP contribution in [0.5, 0.6) is 0 Å². The molecule has 0 spiro atoms. The Bertz CT molecular complexity index is 421. The van der Waals surface area contributed by atoms with Gasteiger partial charge in [0, 0.05) is 0 Å². The van der Waals surface area contributed by atoms with Crippen molar-refractivity contribution in [2.75, 3.05) is 0 Å². The number of nitrogens with two attached hydrogens (primary N) is 2. The molecule has 1 rings (SSSR count). The minimum Gasteiger partial charge on any atom is -0.478 e. The third kappa shape index (κ3) is 1.93. The first kappa shape index (κ1) is 10.7. The molecule has 0 fully saturated rings. The highest BCUT2D eigenvalue weighted by molar-refractivity contribution is 6.11. The average Bonchev–Trinajstić information content (AvgIpc) is 2.16. The predicted molar refractivity (Wildman–Crippen MR) is 50.4 cm³/mol.